The Morgan fingerprint density at radius 3 is 2.58 bits per heavy atom. The molecular weight excluding hydrogens is 238 g/mol. The zero-order valence-electron chi connectivity index (χ0n) is 10.2. The molecule has 2 aromatic carbocycles. The normalized spacial score (nSPS) is 10.7. The van der Waals surface area contributed by atoms with Gasteiger partial charge in [0, 0.05) is 16.8 Å². The average Bonchev–Trinajstić information content (AvgIpc) is 2.82. The Labute approximate surface area is 110 Å². The molecule has 1 amide bonds. The Morgan fingerprint density at radius 1 is 1.05 bits per heavy atom. The second-order valence-corrected chi connectivity index (χ2v) is 4.44. The van der Waals surface area contributed by atoms with Crippen LogP contribution in [0.25, 0.3) is 22.2 Å². The smallest absolute Gasteiger partial charge is 0.250 e. The summed E-state index contributed by atoms with van der Waals surface area (Å²) >= 11 is 0. The zero-order valence-corrected chi connectivity index (χ0v) is 10.2. The number of nitrogens with one attached hydrogen (secondary N) is 1. The first-order valence-corrected chi connectivity index (χ1v) is 5.92. The SMILES string of the molecule is NC(=O)c1cccc2cc(-c3cccc(N)c3)[nH]c12. The molecule has 0 fully saturated rings. The summed E-state index contributed by atoms with van der Waals surface area (Å²) in [6.07, 6.45) is 0. The number of fused-ring (bicyclic) bond motifs is 1. The minimum atomic E-state index is -0.438. The van der Waals surface area contributed by atoms with Crippen LogP contribution in [0.3, 0.4) is 0 Å². The number of carbonyl (C=O) groups excluding carboxylic acids is 1. The van der Waals surface area contributed by atoms with E-state index in [0.29, 0.717) is 11.3 Å². The highest BCUT2D eigenvalue weighted by molar-refractivity contribution is 6.06. The van der Waals surface area contributed by atoms with E-state index in [0.717, 1.165) is 22.2 Å². The van der Waals surface area contributed by atoms with Gasteiger partial charge in [0.1, 0.15) is 0 Å². The van der Waals surface area contributed by atoms with Gasteiger partial charge >= 0.3 is 0 Å². The van der Waals surface area contributed by atoms with Gasteiger partial charge in [-0.1, -0.05) is 24.3 Å². The van der Waals surface area contributed by atoms with Crippen LogP contribution < -0.4 is 11.5 Å². The lowest BCUT2D eigenvalue weighted by atomic mass is 10.1. The molecule has 0 aliphatic carbocycles. The molecule has 5 N–H and O–H groups in total. The number of carbonyl (C=O) groups is 1. The third-order valence-corrected chi connectivity index (χ3v) is 3.12. The second-order valence-electron chi connectivity index (χ2n) is 4.44. The van der Waals surface area contributed by atoms with Crippen molar-refractivity contribution < 1.29 is 4.79 Å². The van der Waals surface area contributed by atoms with Gasteiger partial charge in [-0.2, -0.15) is 0 Å². The van der Waals surface area contributed by atoms with Crippen molar-refractivity contribution in [1.29, 1.82) is 0 Å². The summed E-state index contributed by atoms with van der Waals surface area (Å²) in [5.41, 5.74) is 15.0. The van der Waals surface area contributed by atoms with Crippen LogP contribution in [-0.4, -0.2) is 10.9 Å². The highest BCUT2D eigenvalue weighted by Gasteiger charge is 2.10. The molecule has 1 heterocycles. The lowest BCUT2D eigenvalue weighted by molar-refractivity contribution is 0.100. The van der Waals surface area contributed by atoms with Crippen LogP contribution in [-0.2, 0) is 0 Å². The number of H-pyrrole nitrogens is 1. The summed E-state index contributed by atoms with van der Waals surface area (Å²) in [7, 11) is 0. The molecular formula is C15H13N3O. The predicted octanol–water partition coefficient (Wildman–Crippen LogP) is 2.52. The van der Waals surface area contributed by atoms with Gasteiger partial charge in [-0.3, -0.25) is 4.79 Å². The largest absolute Gasteiger partial charge is 0.399 e. The van der Waals surface area contributed by atoms with Gasteiger partial charge in [-0.15, -0.1) is 0 Å². The molecule has 0 unspecified atom stereocenters. The van der Waals surface area contributed by atoms with E-state index in [1.165, 1.54) is 0 Å². The third-order valence-electron chi connectivity index (χ3n) is 3.12. The third kappa shape index (κ3) is 1.93. The average molecular weight is 251 g/mol. The molecule has 94 valence electrons. The molecule has 4 nitrogen and oxygen atoms in total. The van der Waals surface area contributed by atoms with Crippen LogP contribution in [0.5, 0.6) is 0 Å². The van der Waals surface area contributed by atoms with Crippen molar-refractivity contribution in [2.24, 2.45) is 5.73 Å². The maximum Gasteiger partial charge on any atom is 0.250 e. The van der Waals surface area contributed by atoms with Gasteiger partial charge in [0.2, 0.25) is 0 Å². The van der Waals surface area contributed by atoms with E-state index in [2.05, 4.69) is 4.98 Å². The number of hydrogen-bond acceptors (Lipinski definition) is 2. The number of benzene rings is 2. The van der Waals surface area contributed by atoms with E-state index in [1.807, 2.05) is 42.5 Å². The van der Waals surface area contributed by atoms with E-state index in [4.69, 9.17) is 11.5 Å². The fraction of sp³-hybridized carbons (Fsp3) is 0. The van der Waals surface area contributed by atoms with E-state index < -0.39 is 5.91 Å². The van der Waals surface area contributed by atoms with E-state index in [-0.39, 0.29) is 0 Å². The van der Waals surface area contributed by atoms with Crippen molar-refractivity contribution in [3.63, 3.8) is 0 Å². The maximum atomic E-state index is 11.4. The molecule has 0 spiro atoms. The first-order chi connectivity index (χ1) is 9.15. The standard InChI is InChI=1S/C15H13N3O/c16-11-5-1-3-9(7-11)13-8-10-4-2-6-12(15(17)19)14(10)18-13/h1-8,18H,16H2,(H2,17,19). The zero-order chi connectivity index (χ0) is 13.4. The fourth-order valence-electron chi connectivity index (χ4n) is 2.22. The van der Waals surface area contributed by atoms with Crippen LogP contribution in [0.4, 0.5) is 5.69 Å². The van der Waals surface area contributed by atoms with Gasteiger partial charge in [0.25, 0.3) is 5.91 Å². The Bertz CT molecular complexity index is 774. The molecule has 0 bridgehead atoms. The molecule has 0 aliphatic heterocycles. The van der Waals surface area contributed by atoms with Crippen LogP contribution in [0.1, 0.15) is 10.4 Å². The number of para-hydroxylation sites is 1. The molecule has 0 atom stereocenters. The lowest BCUT2D eigenvalue weighted by Crippen LogP contribution is -2.11. The van der Waals surface area contributed by atoms with Crippen molar-refractivity contribution >= 4 is 22.5 Å². The Hall–Kier alpha value is -2.75. The van der Waals surface area contributed by atoms with E-state index in [1.54, 1.807) is 6.07 Å². The summed E-state index contributed by atoms with van der Waals surface area (Å²) in [6.45, 7) is 0. The minimum Gasteiger partial charge on any atom is -0.399 e. The molecule has 0 radical (unpaired) electrons. The van der Waals surface area contributed by atoms with Gasteiger partial charge in [-0.25, -0.2) is 0 Å². The molecule has 0 saturated heterocycles. The monoisotopic (exact) mass is 251 g/mol. The lowest BCUT2D eigenvalue weighted by Gasteiger charge is -1.99. The first-order valence-electron chi connectivity index (χ1n) is 5.92. The number of amides is 1. The molecule has 3 rings (SSSR count). The molecule has 3 aromatic rings. The Balaban J connectivity index is 2.22. The number of aromatic nitrogens is 1. The number of nitrogens with two attached hydrogens (primary N) is 2. The van der Waals surface area contributed by atoms with Crippen molar-refractivity contribution in [2.45, 2.75) is 0 Å². The summed E-state index contributed by atoms with van der Waals surface area (Å²) in [6, 6.07) is 15.0. The van der Waals surface area contributed by atoms with Crippen LogP contribution in [0, 0.1) is 0 Å². The van der Waals surface area contributed by atoms with Gasteiger partial charge in [0.15, 0.2) is 0 Å². The van der Waals surface area contributed by atoms with Gasteiger partial charge in [-0.05, 0) is 29.8 Å². The van der Waals surface area contributed by atoms with Crippen molar-refractivity contribution in [1.82, 2.24) is 4.98 Å². The molecule has 4 heteroatoms. The van der Waals surface area contributed by atoms with Gasteiger partial charge < -0.3 is 16.5 Å². The molecule has 0 saturated carbocycles. The van der Waals surface area contributed by atoms with Crippen molar-refractivity contribution in [2.75, 3.05) is 5.73 Å². The summed E-state index contributed by atoms with van der Waals surface area (Å²) in [5.74, 6) is -0.438. The summed E-state index contributed by atoms with van der Waals surface area (Å²) < 4.78 is 0. The van der Waals surface area contributed by atoms with Crippen LogP contribution >= 0.6 is 0 Å². The maximum absolute atomic E-state index is 11.4. The predicted molar refractivity (Wildman–Crippen MR) is 76.7 cm³/mol. The Morgan fingerprint density at radius 2 is 1.84 bits per heavy atom. The van der Waals surface area contributed by atoms with Crippen LogP contribution in [0.2, 0.25) is 0 Å². The first kappa shape index (κ1) is 11.3. The number of nitrogen functional groups attached to an aromatic ring is 1. The number of rotatable bonds is 2. The van der Waals surface area contributed by atoms with E-state index >= 15 is 0 Å². The summed E-state index contributed by atoms with van der Waals surface area (Å²) in [4.78, 5) is 14.6. The number of primary amides is 1. The Kier molecular flexibility index (Phi) is 2.49. The van der Waals surface area contributed by atoms with E-state index in [9.17, 15) is 4.79 Å². The second kappa shape index (κ2) is 4.17. The highest BCUT2D eigenvalue weighted by Crippen LogP contribution is 2.27. The quantitative estimate of drug-likeness (QED) is 0.611. The van der Waals surface area contributed by atoms with Crippen LogP contribution in [0.15, 0.2) is 48.5 Å². The van der Waals surface area contributed by atoms with Crippen molar-refractivity contribution in [3.05, 3.63) is 54.1 Å². The molecule has 0 aliphatic rings. The number of anilines is 1. The van der Waals surface area contributed by atoms with Crippen molar-refractivity contribution in [3.8, 4) is 11.3 Å². The topological polar surface area (TPSA) is 84.9 Å². The number of aromatic amines is 1. The summed E-state index contributed by atoms with van der Waals surface area (Å²) in [5, 5.41) is 0.953. The highest BCUT2D eigenvalue weighted by atomic mass is 16.1. The fourth-order valence-corrected chi connectivity index (χ4v) is 2.22. The molecule has 1 aromatic heterocycles. The number of hydrogen-bond donors (Lipinski definition) is 3. The minimum absolute atomic E-state index is 0.438. The van der Waals surface area contributed by atoms with Gasteiger partial charge in [0.05, 0.1) is 11.1 Å². The molecule has 19 heavy (non-hydrogen) atoms.